The molecule has 0 fully saturated rings. The molecule has 5 heteroatoms. The monoisotopic (exact) mass is 169 g/mol. The van der Waals surface area contributed by atoms with Crippen LogP contribution >= 0.6 is 0 Å². The van der Waals surface area contributed by atoms with Crippen LogP contribution in [0.5, 0.6) is 0 Å². The highest BCUT2D eigenvalue weighted by atomic mass is 16.4. The summed E-state index contributed by atoms with van der Waals surface area (Å²) in [5.41, 5.74) is 0. The van der Waals surface area contributed by atoms with Crippen molar-refractivity contribution in [3.05, 3.63) is 0 Å². The number of carboxylic acid groups (broad SMARTS) is 1. The van der Waals surface area contributed by atoms with Crippen molar-refractivity contribution in [2.75, 3.05) is 6.54 Å². The minimum absolute atomic E-state index is 0.194. The van der Waals surface area contributed by atoms with Crippen molar-refractivity contribution >= 4 is 11.8 Å². The van der Waals surface area contributed by atoms with Crippen molar-refractivity contribution in [3.63, 3.8) is 0 Å². The molecule has 0 amide bonds. The molecule has 0 heterocycles. The van der Waals surface area contributed by atoms with Gasteiger partial charge in [-0.05, 0) is 6.42 Å². The van der Waals surface area contributed by atoms with Gasteiger partial charge >= 0.3 is 5.97 Å². The largest absolute Gasteiger partial charge is 0.480 e. The third-order valence-corrected chi connectivity index (χ3v) is 1.12. The third-order valence-electron chi connectivity index (χ3n) is 1.12. The summed E-state index contributed by atoms with van der Waals surface area (Å²) < 4.78 is 0. The summed E-state index contributed by atoms with van der Waals surface area (Å²) in [6, 6.07) is 0. The van der Waals surface area contributed by atoms with Crippen LogP contribution in [0.4, 0.5) is 0 Å². The highest BCUT2D eigenvalue weighted by molar-refractivity contribution is 5.86. The lowest BCUT2D eigenvalue weighted by molar-refractivity contribution is -0.135. The molecule has 0 bridgehead atoms. The van der Waals surface area contributed by atoms with E-state index in [9.17, 15) is 4.79 Å². The minimum Gasteiger partial charge on any atom is -0.480 e. The van der Waals surface area contributed by atoms with Gasteiger partial charge in [-0.25, -0.2) is 0 Å². The maximum atomic E-state index is 10.1. The van der Waals surface area contributed by atoms with Crippen LogP contribution in [0, 0.1) is 11.5 Å². The summed E-state index contributed by atoms with van der Waals surface area (Å²) >= 11 is 0. The SMILES string of the molecule is CCCC(=NC#N)NCC(=O)O. The van der Waals surface area contributed by atoms with E-state index in [1.54, 1.807) is 6.19 Å². The lowest BCUT2D eigenvalue weighted by Crippen LogP contribution is -2.29. The third kappa shape index (κ3) is 5.23. The van der Waals surface area contributed by atoms with E-state index in [0.29, 0.717) is 12.3 Å². The van der Waals surface area contributed by atoms with Crippen molar-refractivity contribution in [2.24, 2.45) is 4.99 Å². The Labute approximate surface area is 70.7 Å². The fourth-order valence-corrected chi connectivity index (χ4v) is 0.659. The standard InChI is InChI=1S/C7H11N3O2/c1-2-3-6(10-5-8)9-4-7(11)12/h2-4H2,1H3,(H,9,10)(H,11,12). The van der Waals surface area contributed by atoms with Gasteiger partial charge < -0.3 is 10.4 Å². The zero-order chi connectivity index (χ0) is 9.40. The molecular formula is C7H11N3O2. The minimum atomic E-state index is -0.961. The lowest BCUT2D eigenvalue weighted by atomic mass is 10.3. The Kier molecular flexibility index (Phi) is 5.35. The Morgan fingerprint density at radius 2 is 2.42 bits per heavy atom. The molecule has 2 N–H and O–H groups in total. The molecule has 0 aliphatic carbocycles. The predicted molar refractivity (Wildman–Crippen MR) is 43.6 cm³/mol. The van der Waals surface area contributed by atoms with E-state index in [0.717, 1.165) is 6.42 Å². The van der Waals surface area contributed by atoms with Gasteiger partial charge in [-0.1, -0.05) is 6.92 Å². The zero-order valence-electron chi connectivity index (χ0n) is 6.87. The molecule has 0 saturated heterocycles. The average molecular weight is 169 g/mol. The van der Waals surface area contributed by atoms with Gasteiger partial charge in [-0.2, -0.15) is 10.3 Å². The van der Waals surface area contributed by atoms with Crippen LogP contribution in [0.1, 0.15) is 19.8 Å². The number of aliphatic carboxylic acids is 1. The summed E-state index contributed by atoms with van der Waals surface area (Å²) in [6.07, 6.45) is 3.03. The van der Waals surface area contributed by atoms with Crippen LogP contribution in [0.3, 0.4) is 0 Å². The number of nitrogens with zero attached hydrogens (tertiary/aromatic N) is 2. The second kappa shape index (κ2) is 6.16. The predicted octanol–water partition coefficient (Wildman–Crippen LogP) is 0.340. The van der Waals surface area contributed by atoms with Crippen molar-refractivity contribution in [3.8, 4) is 6.19 Å². The molecule has 0 aromatic heterocycles. The number of nitrogens with one attached hydrogen (secondary N) is 1. The molecule has 0 saturated carbocycles. The van der Waals surface area contributed by atoms with E-state index in [1.807, 2.05) is 6.92 Å². The summed E-state index contributed by atoms with van der Waals surface area (Å²) in [7, 11) is 0. The molecule has 0 aromatic carbocycles. The Balaban J connectivity index is 3.89. The van der Waals surface area contributed by atoms with Crippen LogP contribution in [0.25, 0.3) is 0 Å². The van der Waals surface area contributed by atoms with Crippen LogP contribution in [-0.4, -0.2) is 23.5 Å². The highest BCUT2D eigenvalue weighted by Gasteiger charge is 1.99. The van der Waals surface area contributed by atoms with Gasteiger partial charge in [0.2, 0.25) is 6.19 Å². The molecule has 0 radical (unpaired) electrons. The van der Waals surface area contributed by atoms with E-state index < -0.39 is 5.97 Å². The van der Waals surface area contributed by atoms with Gasteiger partial charge in [-0.3, -0.25) is 4.79 Å². The lowest BCUT2D eigenvalue weighted by Gasteiger charge is -2.02. The number of aliphatic imine (C=N–C) groups is 1. The van der Waals surface area contributed by atoms with E-state index in [1.165, 1.54) is 0 Å². The number of hydrogen-bond donors (Lipinski definition) is 2. The normalized spacial score (nSPS) is 10.5. The first kappa shape index (κ1) is 10.4. The number of amidine groups is 1. The number of carboxylic acids is 1. The maximum absolute atomic E-state index is 10.1. The molecule has 0 aliphatic rings. The summed E-state index contributed by atoms with van der Waals surface area (Å²) in [5, 5.41) is 19.1. The van der Waals surface area contributed by atoms with Gasteiger partial charge in [0, 0.05) is 6.42 Å². The van der Waals surface area contributed by atoms with Crippen molar-refractivity contribution < 1.29 is 9.90 Å². The summed E-state index contributed by atoms with van der Waals surface area (Å²) in [5.74, 6) is -0.529. The van der Waals surface area contributed by atoms with Crippen molar-refractivity contribution in [2.45, 2.75) is 19.8 Å². The molecule has 0 aromatic rings. The van der Waals surface area contributed by atoms with Gasteiger partial charge in [0.1, 0.15) is 12.4 Å². The van der Waals surface area contributed by atoms with E-state index in [4.69, 9.17) is 10.4 Å². The van der Waals surface area contributed by atoms with Crippen molar-refractivity contribution in [1.29, 1.82) is 5.26 Å². The van der Waals surface area contributed by atoms with Gasteiger partial charge in [0.15, 0.2) is 0 Å². The summed E-state index contributed by atoms with van der Waals surface area (Å²) in [6.45, 7) is 1.73. The Bertz CT molecular complexity index is 217. The average Bonchev–Trinajstić information content (AvgIpc) is 2.01. The Hall–Kier alpha value is -1.57. The first-order valence-corrected chi connectivity index (χ1v) is 3.62. The number of hydrogen-bond acceptors (Lipinski definition) is 3. The molecule has 5 nitrogen and oxygen atoms in total. The Morgan fingerprint density at radius 3 is 2.83 bits per heavy atom. The number of carbonyl (C=O) groups is 1. The first-order valence-electron chi connectivity index (χ1n) is 3.62. The first-order chi connectivity index (χ1) is 5.70. The second-order valence-electron chi connectivity index (χ2n) is 2.16. The van der Waals surface area contributed by atoms with Crippen LogP contribution in [0.15, 0.2) is 4.99 Å². The maximum Gasteiger partial charge on any atom is 0.322 e. The van der Waals surface area contributed by atoms with E-state index in [-0.39, 0.29) is 6.54 Å². The van der Waals surface area contributed by atoms with Gasteiger partial charge in [0.05, 0.1) is 0 Å². The van der Waals surface area contributed by atoms with Gasteiger partial charge in [0.25, 0.3) is 0 Å². The topological polar surface area (TPSA) is 85.5 Å². The Morgan fingerprint density at radius 1 is 1.75 bits per heavy atom. The number of rotatable bonds is 4. The van der Waals surface area contributed by atoms with E-state index in [2.05, 4.69) is 10.3 Å². The van der Waals surface area contributed by atoms with Crippen molar-refractivity contribution in [1.82, 2.24) is 5.32 Å². The fourth-order valence-electron chi connectivity index (χ4n) is 0.659. The van der Waals surface area contributed by atoms with Crippen LogP contribution in [-0.2, 0) is 4.79 Å². The molecule has 0 spiro atoms. The molecule has 0 atom stereocenters. The summed E-state index contributed by atoms with van der Waals surface area (Å²) in [4.78, 5) is 13.5. The molecular weight excluding hydrogens is 158 g/mol. The van der Waals surface area contributed by atoms with Crippen LogP contribution in [0.2, 0.25) is 0 Å². The molecule has 66 valence electrons. The molecule has 0 rings (SSSR count). The van der Waals surface area contributed by atoms with E-state index >= 15 is 0 Å². The van der Waals surface area contributed by atoms with Gasteiger partial charge in [-0.15, -0.1) is 0 Å². The van der Waals surface area contributed by atoms with Crippen LogP contribution < -0.4 is 5.32 Å². The number of nitriles is 1. The highest BCUT2D eigenvalue weighted by Crippen LogP contribution is 1.88. The molecule has 0 aliphatic heterocycles. The fraction of sp³-hybridized carbons (Fsp3) is 0.571. The quantitative estimate of drug-likeness (QED) is 0.361. The molecule has 0 unspecified atom stereocenters. The second-order valence-corrected chi connectivity index (χ2v) is 2.16. The molecule has 12 heavy (non-hydrogen) atoms. The zero-order valence-corrected chi connectivity index (χ0v) is 6.87. The smallest absolute Gasteiger partial charge is 0.322 e.